The molecule has 118 valence electrons. The van der Waals surface area contributed by atoms with E-state index in [0.29, 0.717) is 0 Å². The van der Waals surface area contributed by atoms with Gasteiger partial charge in [-0.15, -0.1) is 0 Å². The molecule has 1 atom stereocenters. The SMILES string of the molecule is CC1(C(=O)Nc2ccc(C(=O)NCC(=O)O)cc2)CC1(F)F. The van der Waals surface area contributed by atoms with Crippen molar-refractivity contribution < 1.29 is 28.3 Å². The van der Waals surface area contributed by atoms with Crippen LogP contribution in [0.1, 0.15) is 23.7 Å². The van der Waals surface area contributed by atoms with Gasteiger partial charge in [0.2, 0.25) is 5.91 Å². The number of carbonyl (C=O) groups is 3. The minimum atomic E-state index is -2.99. The van der Waals surface area contributed by atoms with Gasteiger partial charge in [0.25, 0.3) is 11.8 Å². The average Bonchev–Trinajstić information content (AvgIpc) is 2.97. The molecule has 3 N–H and O–H groups in total. The van der Waals surface area contributed by atoms with Gasteiger partial charge in [-0.25, -0.2) is 8.78 Å². The summed E-state index contributed by atoms with van der Waals surface area (Å²) < 4.78 is 26.2. The molecule has 0 heterocycles. The number of hydrogen-bond acceptors (Lipinski definition) is 3. The maximum Gasteiger partial charge on any atom is 0.322 e. The van der Waals surface area contributed by atoms with Crippen LogP contribution < -0.4 is 10.6 Å². The first-order valence-corrected chi connectivity index (χ1v) is 6.45. The van der Waals surface area contributed by atoms with Gasteiger partial charge in [0.05, 0.1) is 0 Å². The molecular weight excluding hydrogens is 298 g/mol. The fourth-order valence-electron chi connectivity index (χ4n) is 1.88. The van der Waals surface area contributed by atoms with Crippen LogP contribution in [-0.2, 0) is 9.59 Å². The highest BCUT2D eigenvalue weighted by Gasteiger charge is 2.72. The molecule has 0 aromatic heterocycles. The Kier molecular flexibility index (Phi) is 3.87. The normalized spacial score (nSPS) is 21.8. The van der Waals surface area contributed by atoms with Gasteiger partial charge in [0.15, 0.2) is 0 Å². The largest absolute Gasteiger partial charge is 0.480 e. The summed E-state index contributed by atoms with van der Waals surface area (Å²) in [5.41, 5.74) is -1.21. The standard InChI is InChI=1S/C14H14F2N2O4/c1-13(7-14(13,15)16)12(22)18-9-4-2-8(3-5-9)11(21)17-6-10(19)20/h2-5H,6-7H2,1H3,(H,17,21)(H,18,22)(H,19,20). The van der Waals surface area contributed by atoms with Crippen molar-refractivity contribution in [3.63, 3.8) is 0 Å². The van der Waals surface area contributed by atoms with Gasteiger partial charge in [-0.2, -0.15) is 0 Å². The minimum absolute atomic E-state index is 0.196. The number of rotatable bonds is 5. The summed E-state index contributed by atoms with van der Waals surface area (Å²) in [7, 11) is 0. The van der Waals surface area contributed by atoms with Crippen LogP contribution in [0.3, 0.4) is 0 Å². The number of hydrogen-bond donors (Lipinski definition) is 3. The van der Waals surface area contributed by atoms with Gasteiger partial charge in [0.1, 0.15) is 12.0 Å². The number of carboxylic acids is 1. The molecule has 0 aliphatic heterocycles. The molecule has 0 saturated heterocycles. The van der Waals surface area contributed by atoms with Crippen LogP contribution in [0, 0.1) is 5.41 Å². The van der Waals surface area contributed by atoms with E-state index in [4.69, 9.17) is 5.11 Å². The molecule has 1 saturated carbocycles. The Morgan fingerprint density at radius 2 is 1.77 bits per heavy atom. The predicted octanol–water partition coefficient (Wildman–Crippen LogP) is 1.48. The molecule has 1 unspecified atom stereocenters. The van der Waals surface area contributed by atoms with Gasteiger partial charge >= 0.3 is 5.97 Å². The van der Waals surface area contributed by atoms with Crippen LogP contribution in [0.15, 0.2) is 24.3 Å². The monoisotopic (exact) mass is 312 g/mol. The summed E-state index contributed by atoms with van der Waals surface area (Å²) in [6, 6.07) is 5.50. The molecule has 2 amide bonds. The van der Waals surface area contributed by atoms with E-state index in [-0.39, 0.29) is 11.3 Å². The second kappa shape index (κ2) is 5.36. The Hall–Kier alpha value is -2.51. The highest BCUT2D eigenvalue weighted by Crippen LogP contribution is 2.60. The van der Waals surface area contributed by atoms with E-state index in [0.717, 1.165) is 0 Å². The molecule has 0 bridgehead atoms. The average molecular weight is 312 g/mol. The molecule has 1 aliphatic rings. The second-order valence-corrected chi connectivity index (χ2v) is 5.32. The molecular formula is C14H14F2N2O4. The van der Waals surface area contributed by atoms with E-state index in [1.165, 1.54) is 31.2 Å². The van der Waals surface area contributed by atoms with Crippen molar-refractivity contribution in [2.24, 2.45) is 5.41 Å². The lowest BCUT2D eigenvalue weighted by Crippen LogP contribution is -2.29. The van der Waals surface area contributed by atoms with E-state index in [1.54, 1.807) is 0 Å². The number of alkyl halides is 2. The zero-order valence-corrected chi connectivity index (χ0v) is 11.7. The summed E-state index contributed by atoms with van der Waals surface area (Å²) in [6.07, 6.45) is -0.485. The maximum absolute atomic E-state index is 13.1. The number of anilines is 1. The lowest BCUT2D eigenvalue weighted by molar-refractivity contribution is -0.135. The van der Waals surface area contributed by atoms with Gasteiger partial charge in [0, 0.05) is 17.7 Å². The first-order valence-electron chi connectivity index (χ1n) is 6.45. The van der Waals surface area contributed by atoms with Crippen molar-refractivity contribution >= 4 is 23.5 Å². The summed E-state index contributed by atoms with van der Waals surface area (Å²) in [5.74, 6) is -5.52. The molecule has 1 fully saturated rings. The number of amides is 2. The molecule has 1 aromatic rings. The Labute approximate surface area is 124 Å². The number of halogens is 2. The van der Waals surface area contributed by atoms with Crippen molar-refractivity contribution in [3.8, 4) is 0 Å². The van der Waals surface area contributed by atoms with Crippen LogP contribution in [-0.4, -0.2) is 35.4 Å². The third kappa shape index (κ3) is 3.05. The zero-order valence-electron chi connectivity index (χ0n) is 11.7. The fraction of sp³-hybridized carbons (Fsp3) is 0.357. The molecule has 8 heteroatoms. The third-order valence-electron chi connectivity index (χ3n) is 3.56. The van der Waals surface area contributed by atoms with Crippen LogP contribution in [0.4, 0.5) is 14.5 Å². The van der Waals surface area contributed by atoms with Crippen LogP contribution in [0.2, 0.25) is 0 Å². The minimum Gasteiger partial charge on any atom is -0.480 e. The van der Waals surface area contributed by atoms with Crippen LogP contribution >= 0.6 is 0 Å². The summed E-state index contributed by atoms with van der Waals surface area (Å²) in [5, 5.41) is 13.0. The quantitative estimate of drug-likeness (QED) is 0.767. The van der Waals surface area contributed by atoms with Gasteiger partial charge < -0.3 is 15.7 Å². The predicted molar refractivity (Wildman–Crippen MR) is 72.7 cm³/mol. The third-order valence-corrected chi connectivity index (χ3v) is 3.56. The number of benzene rings is 1. The van der Waals surface area contributed by atoms with Gasteiger partial charge in [-0.1, -0.05) is 0 Å². The van der Waals surface area contributed by atoms with E-state index < -0.39 is 42.1 Å². The highest BCUT2D eigenvalue weighted by molar-refractivity contribution is 5.99. The number of aliphatic carboxylic acids is 1. The van der Waals surface area contributed by atoms with Crippen molar-refractivity contribution in [2.75, 3.05) is 11.9 Å². The second-order valence-electron chi connectivity index (χ2n) is 5.32. The maximum atomic E-state index is 13.1. The molecule has 2 rings (SSSR count). The summed E-state index contributed by atoms with van der Waals surface area (Å²) in [6.45, 7) is 0.681. The number of nitrogens with one attached hydrogen (secondary N) is 2. The smallest absolute Gasteiger partial charge is 0.322 e. The first-order chi connectivity index (χ1) is 10.2. The molecule has 0 radical (unpaired) electrons. The highest BCUT2D eigenvalue weighted by atomic mass is 19.3. The van der Waals surface area contributed by atoms with Gasteiger partial charge in [-0.05, 0) is 31.2 Å². The number of carbonyl (C=O) groups excluding carboxylic acids is 2. The van der Waals surface area contributed by atoms with Crippen LogP contribution in [0.25, 0.3) is 0 Å². The Morgan fingerprint density at radius 3 is 2.23 bits per heavy atom. The first kappa shape index (κ1) is 15.9. The van der Waals surface area contributed by atoms with E-state index in [9.17, 15) is 23.2 Å². The van der Waals surface area contributed by atoms with Gasteiger partial charge in [-0.3, -0.25) is 14.4 Å². The molecule has 1 aliphatic carbocycles. The molecule has 0 spiro atoms. The Bertz CT molecular complexity index is 630. The lowest BCUT2D eigenvalue weighted by atomic mass is 10.1. The lowest BCUT2D eigenvalue weighted by Gasteiger charge is -2.11. The Morgan fingerprint density at radius 1 is 1.23 bits per heavy atom. The summed E-state index contributed by atoms with van der Waals surface area (Å²) >= 11 is 0. The number of carboxylic acid groups (broad SMARTS) is 1. The van der Waals surface area contributed by atoms with Crippen molar-refractivity contribution in [3.05, 3.63) is 29.8 Å². The van der Waals surface area contributed by atoms with E-state index >= 15 is 0 Å². The van der Waals surface area contributed by atoms with Crippen LogP contribution in [0.5, 0.6) is 0 Å². The van der Waals surface area contributed by atoms with E-state index in [1.807, 2.05) is 0 Å². The fourth-order valence-corrected chi connectivity index (χ4v) is 1.88. The van der Waals surface area contributed by atoms with E-state index in [2.05, 4.69) is 10.6 Å². The zero-order chi connectivity index (χ0) is 16.5. The molecule has 1 aromatic carbocycles. The van der Waals surface area contributed by atoms with Crippen molar-refractivity contribution in [1.29, 1.82) is 0 Å². The van der Waals surface area contributed by atoms with Crippen molar-refractivity contribution in [2.45, 2.75) is 19.3 Å². The molecule has 6 nitrogen and oxygen atoms in total. The molecule has 22 heavy (non-hydrogen) atoms. The summed E-state index contributed by atoms with van der Waals surface area (Å²) in [4.78, 5) is 33.7. The topological polar surface area (TPSA) is 95.5 Å². The van der Waals surface area contributed by atoms with Crippen molar-refractivity contribution in [1.82, 2.24) is 5.32 Å². The Balaban J connectivity index is 1.96.